The molecule has 0 amide bonds. The van der Waals surface area contributed by atoms with Gasteiger partial charge >= 0.3 is 0 Å². The van der Waals surface area contributed by atoms with Crippen LogP contribution in [-0.4, -0.2) is 29.5 Å². The highest BCUT2D eigenvalue weighted by atomic mass is 32.1. The molecule has 5 nitrogen and oxygen atoms in total. The normalized spacial score (nSPS) is 12.7. The van der Waals surface area contributed by atoms with Crippen LogP contribution in [0.2, 0.25) is 0 Å². The molecule has 1 atom stereocenters. The smallest absolute Gasteiger partial charge is 0.178 e. The lowest BCUT2D eigenvalue weighted by atomic mass is 10.1. The van der Waals surface area contributed by atoms with Crippen molar-refractivity contribution < 1.29 is 14.4 Å². The van der Waals surface area contributed by atoms with Crippen molar-refractivity contribution in [2.24, 2.45) is 5.73 Å². The Morgan fingerprint density at radius 3 is 3.15 bits per heavy atom. The van der Waals surface area contributed by atoms with Crippen LogP contribution in [-0.2, 0) is 0 Å². The van der Waals surface area contributed by atoms with Gasteiger partial charge in [-0.3, -0.25) is 0 Å². The fourth-order valence-electron chi connectivity index (χ4n) is 1.86. The highest BCUT2D eigenvalue weighted by molar-refractivity contribution is 7.17. The molecule has 2 aromatic heterocycles. The minimum atomic E-state index is -0.658. The van der Waals surface area contributed by atoms with Gasteiger partial charge in [-0.2, -0.15) is 0 Å². The highest BCUT2D eigenvalue weighted by Crippen LogP contribution is 2.33. The van der Waals surface area contributed by atoms with E-state index in [1.54, 1.807) is 11.3 Å². The van der Waals surface area contributed by atoms with Gasteiger partial charge < -0.3 is 20.1 Å². The van der Waals surface area contributed by atoms with E-state index in [9.17, 15) is 5.11 Å². The van der Waals surface area contributed by atoms with Crippen LogP contribution < -0.4 is 10.5 Å². The Kier molecular flexibility index (Phi) is 3.68. The SMILES string of the molecule is NCC(O)COc1cccc(-c2noc3ccsc23)c1. The van der Waals surface area contributed by atoms with Gasteiger partial charge in [0.2, 0.25) is 0 Å². The van der Waals surface area contributed by atoms with E-state index in [2.05, 4.69) is 5.16 Å². The van der Waals surface area contributed by atoms with Crippen molar-refractivity contribution in [1.29, 1.82) is 0 Å². The third-order valence-corrected chi connectivity index (χ3v) is 3.80. The van der Waals surface area contributed by atoms with Gasteiger partial charge in [-0.15, -0.1) is 11.3 Å². The zero-order valence-electron chi connectivity index (χ0n) is 10.7. The molecule has 0 saturated heterocycles. The van der Waals surface area contributed by atoms with Gasteiger partial charge in [0.15, 0.2) is 5.58 Å². The van der Waals surface area contributed by atoms with Crippen LogP contribution in [0.25, 0.3) is 21.5 Å². The van der Waals surface area contributed by atoms with Gasteiger partial charge in [-0.1, -0.05) is 17.3 Å². The first-order chi connectivity index (χ1) is 9.78. The first-order valence-corrected chi connectivity index (χ1v) is 7.10. The quantitative estimate of drug-likeness (QED) is 0.753. The van der Waals surface area contributed by atoms with Crippen LogP contribution in [0.15, 0.2) is 40.2 Å². The number of rotatable bonds is 5. The molecule has 0 aliphatic carbocycles. The second kappa shape index (κ2) is 5.62. The van der Waals surface area contributed by atoms with Crippen LogP contribution in [0.5, 0.6) is 5.75 Å². The maximum Gasteiger partial charge on any atom is 0.178 e. The summed E-state index contributed by atoms with van der Waals surface area (Å²) >= 11 is 1.59. The highest BCUT2D eigenvalue weighted by Gasteiger charge is 2.12. The average molecular weight is 290 g/mol. The molecule has 0 radical (unpaired) electrons. The van der Waals surface area contributed by atoms with Crippen LogP contribution in [0.4, 0.5) is 0 Å². The van der Waals surface area contributed by atoms with Gasteiger partial charge in [0, 0.05) is 12.1 Å². The van der Waals surface area contributed by atoms with Crippen molar-refractivity contribution in [1.82, 2.24) is 5.16 Å². The number of aliphatic hydroxyl groups excluding tert-OH is 1. The zero-order valence-corrected chi connectivity index (χ0v) is 11.5. The number of aliphatic hydroxyl groups is 1. The summed E-state index contributed by atoms with van der Waals surface area (Å²) in [5, 5.41) is 15.5. The van der Waals surface area contributed by atoms with Gasteiger partial charge in [0.05, 0.1) is 0 Å². The number of fused-ring (bicyclic) bond motifs is 1. The van der Waals surface area contributed by atoms with E-state index in [1.807, 2.05) is 35.7 Å². The molecule has 0 spiro atoms. The van der Waals surface area contributed by atoms with Crippen molar-refractivity contribution in [2.45, 2.75) is 6.10 Å². The topological polar surface area (TPSA) is 81.5 Å². The number of nitrogens with zero attached hydrogens (tertiary/aromatic N) is 1. The lowest BCUT2D eigenvalue weighted by Gasteiger charge is -2.10. The molecule has 1 unspecified atom stereocenters. The van der Waals surface area contributed by atoms with E-state index in [1.165, 1.54) is 0 Å². The first-order valence-electron chi connectivity index (χ1n) is 6.22. The van der Waals surface area contributed by atoms with E-state index in [0.29, 0.717) is 5.75 Å². The number of benzene rings is 1. The average Bonchev–Trinajstić information content (AvgIpc) is 3.07. The molecular formula is C14H14N2O3S. The first kappa shape index (κ1) is 13.1. The summed E-state index contributed by atoms with van der Waals surface area (Å²) in [6.07, 6.45) is -0.658. The standard InChI is InChI=1S/C14H14N2O3S/c15-7-10(17)8-18-11-3-1-2-9(6-11)13-14-12(19-16-13)4-5-20-14/h1-6,10,17H,7-8,15H2. The molecule has 3 N–H and O–H groups in total. The van der Waals surface area contributed by atoms with Gasteiger partial charge in [0.1, 0.15) is 28.9 Å². The molecule has 6 heteroatoms. The Balaban J connectivity index is 1.86. The number of ether oxygens (including phenoxy) is 1. The van der Waals surface area contributed by atoms with Crippen LogP contribution >= 0.6 is 11.3 Å². The summed E-state index contributed by atoms with van der Waals surface area (Å²) in [7, 11) is 0. The van der Waals surface area contributed by atoms with Gasteiger partial charge in [0.25, 0.3) is 0 Å². The van der Waals surface area contributed by atoms with Crippen LogP contribution in [0.3, 0.4) is 0 Å². The molecule has 20 heavy (non-hydrogen) atoms. The lowest BCUT2D eigenvalue weighted by molar-refractivity contribution is 0.114. The minimum Gasteiger partial charge on any atom is -0.491 e. The molecule has 0 aliphatic rings. The second-order valence-corrected chi connectivity index (χ2v) is 5.29. The van der Waals surface area contributed by atoms with E-state index >= 15 is 0 Å². The van der Waals surface area contributed by atoms with Gasteiger partial charge in [-0.25, -0.2) is 0 Å². The Bertz CT molecular complexity index is 707. The van der Waals surface area contributed by atoms with E-state index in [-0.39, 0.29) is 13.2 Å². The molecule has 1 aromatic carbocycles. The molecule has 0 saturated carbocycles. The fourth-order valence-corrected chi connectivity index (χ4v) is 2.67. The van der Waals surface area contributed by atoms with Crippen LogP contribution in [0.1, 0.15) is 0 Å². The van der Waals surface area contributed by atoms with Crippen LogP contribution in [0, 0.1) is 0 Å². The van der Waals surface area contributed by atoms with Crippen molar-refractivity contribution in [3.05, 3.63) is 35.7 Å². The number of hydrogen-bond donors (Lipinski definition) is 2. The van der Waals surface area contributed by atoms with Crippen molar-refractivity contribution in [3.63, 3.8) is 0 Å². The third kappa shape index (κ3) is 2.53. The summed E-state index contributed by atoms with van der Waals surface area (Å²) in [4.78, 5) is 0. The summed E-state index contributed by atoms with van der Waals surface area (Å²) in [5.41, 5.74) is 7.86. The maximum atomic E-state index is 9.41. The van der Waals surface area contributed by atoms with E-state index in [4.69, 9.17) is 15.0 Å². The zero-order chi connectivity index (χ0) is 13.9. The molecule has 2 heterocycles. The molecule has 3 aromatic rings. The molecule has 0 bridgehead atoms. The summed E-state index contributed by atoms with van der Waals surface area (Å²) in [5.74, 6) is 0.669. The molecule has 3 rings (SSSR count). The number of aromatic nitrogens is 1. The Morgan fingerprint density at radius 1 is 1.40 bits per heavy atom. The predicted molar refractivity (Wildman–Crippen MR) is 77.9 cm³/mol. The van der Waals surface area contributed by atoms with Gasteiger partial charge in [-0.05, 0) is 23.6 Å². The Hall–Kier alpha value is -1.89. The minimum absolute atomic E-state index is 0.174. The molecule has 104 valence electrons. The largest absolute Gasteiger partial charge is 0.491 e. The number of thiophene rings is 1. The molecule has 0 aliphatic heterocycles. The van der Waals surface area contributed by atoms with Crippen molar-refractivity contribution >= 4 is 21.6 Å². The summed E-state index contributed by atoms with van der Waals surface area (Å²) < 4.78 is 11.8. The van der Waals surface area contributed by atoms with Crippen molar-refractivity contribution in [2.75, 3.05) is 13.2 Å². The third-order valence-electron chi connectivity index (χ3n) is 2.90. The van der Waals surface area contributed by atoms with E-state index in [0.717, 1.165) is 21.5 Å². The Morgan fingerprint density at radius 2 is 2.30 bits per heavy atom. The van der Waals surface area contributed by atoms with Crippen molar-refractivity contribution in [3.8, 4) is 17.0 Å². The molecular weight excluding hydrogens is 276 g/mol. The second-order valence-electron chi connectivity index (χ2n) is 4.37. The summed E-state index contributed by atoms with van der Waals surface area (Å²) in [6.45, 7) is 0.353. The number of nitrogens with two attached hydrogens (primary N) is 1. The lowest BCUT2D eigenvalue weighted by Crippen LogP contribution is -2.26. The fraction of sp³-hybridized carbons (Fsp3) is 0.214. The van der Waals surface area contributed by atoms with E-state index < -0.39 is 6.10 Å². The monoisotopic (exact) mass is 290 g/mol. The Labute approximate surface area is 119 Å². The predicted octanol–water partition coefficient (Wildman–Crippen LogP) is 2.25. The number of hydrogen-bond acceptors (Lipinski definition) is 6. The molecule has 0 fully saturated rings. The summed E-state index contributed by atoms with van der Waals surface area (Å²) in [6, 6.07) is 9.43. The maximum absolute atomic E-state index is 9.41.